The van der Waals surface area contributed by atoms with Crippen LogP contribution < -0.4 is 5.32 Å². The van der Waals surface area contributed by atoms with Gasteiger partial charge in [0.2, 0.25) is 0 Å². The van der Waals surface area contributed by atoms with E-state index < -0.39 is 0 Å². The van der Waals surface area contributed by atoms with E-state index in [1.54, 1.807) is 24.7 Å². The molecule has 0 fully saturated rings. The highest BCUT2D eigenvalue weighted by atomic mass is 35.5. The molecule has 0 spiro atoms. The smallest absolute Gasteiger partial charge is 0.164 e. The minimum Gasteiger partial charge on any atom is -0.364 e. The lowest BCUT2D eigenvalue weighted by atomic mass is 10.2. The highest BCUT2D eigenvalue weighted by molar-refractivity contribution is 6.29. The molecule has 104 valence electrons. The maximum Gasteiger partial charge on any atom is 0.164 e. The maximum atomic E-state index is 6.05. The van der Waals surface area contributed by atoms with E-state index >= 15 is 0 Å². The van der Waals surface area contributed by atoms with Crippen LogP contribution in [0.5, 0.6) is 0 Å². The van der Waals surface area contributed by atoms with E-state index in [0.717, 1.165) is 11.3 Å². The molecule has 3 aromatic rings. The average Bonchev–Trinajstić information content (AvgIpc) is 2.54. The summed E-state index contributed by atoms with van der Waals surface area (Å²) < 4.78 is 0. The molecule has 0 amide bonds. The Morgan fingerprint density at radius 3 is 2.76 bits per heavy atom. The lowest BCUT2D eigenvalue weighted by molar-refractivity contribution is 1.02. The van der Waals surface area contributed by atoms with Gasteiger partial charge in [0.1, 0.15) is 11.0 Å². The highest BCUT2D eigenvalue weighted by Crippen LogP contribution is 2.19. The summed E-state index contributed by atoms with van der Waals surface area (Å²) in [6.07, 6.45) is 5.16. The Bertz CT molecular complexity index is 719. The zero-order valence-electron chi connectivity index (χ0n) is 11.1. The lowest BCUT2D eigenvalue weighted by Gasteiger charge is -2.07. The molecule has 0 aliphatic carbocycles. The van der Waals surface area contributed by atoms with E-state index in [9.17, 15) is 0 Å². The zero-order valence-corrected chi connectivity index (χ0v) is 11.8. The average molecular weight is 298 g/mol. The second-order valence-corrected chi connectivity index (χ2v) is 4.70. The number of aromatic nitrogens is 4. The first kappa shape index (κ1) is 13.5. The molecule has 0 bridgehead atoms. The van der Waals surface area contributed by atoms with Gasteiger partial charge in [0.15, 0.2) is 5.82 Å². The van der Waals surface area contributed by atoms with Crippen molar-refractivity contribution >= 4 is 17.4 Å². The van der Waals surface area contributed by atoms with Gasteiger partial charge in [-0.15, -0.1) is 0 Å². The summed E-state index contributed by atoms with van der Waals surface area (Å²) in [6, 6.07) is 11.2. The molecule has 0 aliphatic heterocycles. The Kier molecular flexibility index (Phi) is 4.02. The van der Waals surface area contributed by atoms with E-state index in [1.807, 2.05) is 30.3 Å². The van der Waals surface area contributed by atoms with Gasteiger partial charge in [-0.05, 0) is 24.3 Å². The molecule has 0 saturated heterocycles. The topological polar surface area (TPSA) is 63.6 Å². The molecule has 0 aromatic carbocycles. The second-order valence-electron chi connectivity index (χ2n) is 4.32. The van der Waals surface area contributed by atoms with Crippen molar-refractivity contribution in [2.45, 2.75) is 6.54 Å². The summed E-state index contributed by atoms with van der Waals surface area (Å²) in [5.74, 6) is 1.19. The van der Waals surface area contributed by atoms with Crippen LogP contribution >= 0.6 is 11.6 Å². The summed E-state index contributed by atoms with van der Waals surface area (Å²) in [4.78, 5) is 17.0. The van der Waals surface area contributed by atoms with Gasteiger partial charge in [-0.25, -0.2) is 9.97 Å². The Hall–Kier alpha value is -2.53. The number of hydrogen-bond donors (Lipinski definition) is 1. The van der Waals surface area contributed by atoms with Crippen molar-refractivity contribution in [3.63, 3.8) is 0 Å². The largest absolute Gasteiger partial charge is 0.364 e. The van der Waals surface area contributed by atoms with Gasteiger partial charge in [-0.1, -0.05) is 17.7 Å². The van der Waals surface area contributed by atoms with Crippen molar-refractivity contribution in [2.75, 3.05) is 5.32 Å². The zero-order chi connectivity index (χ0) is 14.5. The van der Waals surface area contributed by atoms with Crippen LogP contribution in [0.2, 0.25) is 5.15 Å². The summed E-state index contributed by atoms with van der Waals surface area (Å²) >= 11 is 6.05. The van der Waals surface area contributed by atoms with Gasteiger partial charge in [-0.3, -0.25) is 9.97 Å². The molecule has 0 radical (unpaired) electrons. The molecule has 3 aromatic heterocycles. The molecule has 3 rings (SSSR count). The number of anilines is 1. The highest BCUT2D eigenvalue weighted by Gasteiger charge is 2.06. The summed E-state index contributed by atoms with van der Waals surface area (Å²) in [5.41, 5.74) is 1.75. The minimum atomic E-state index is 0.382. The fraction of sp³-hybridized carbons (Fsp3) is 0.0667. The molecule has 5 nitrogen and oxygen atoms in total. The van der Waals surface area contributed by atoms with Crippen molar-refractivity contribution in [3.8, 4) is 11.4 Å². The van der Waals surface area contributed by atoms with Gasteiger partial charge in [-0.2, -0.15) is 0 Å². The molecule has 0 aliphatic rings. The van der Waals surface area contributed by atoms with Gasteiger partial charge in [0.05, 0.1) is 12.2 Å². The quantitative estimate of drug-likeness (QED) is 0.749. The second kappa shape index (κ2) is 6.28. The monoisotopic (exact) mass is 297 g/mol. The van der Waals surface area contributed by atoms with E-state index in [2.05, 4.69) is 25.3 Å². The maximum absolute atomic E-state index is 6.05. The summed E-state index contributed by atoms with van der Waals surface area (Å²) in [5, 5.41) is 3.58. The van der Waals surface area contributed by atoms with Crippen LogP contribution in [0.4, 0.5) is 5.82 Å². The molecular formula is C15H12ClN5. The summed E-state index contributed by atoms with van der Waals surface area (Å²) in [7, 11) is 0. The normalized spacial score (nSPS) is 10.3. The molecule has 0 unspecified atom stereocenters. The molecule has 21 heavy (non-hydrogen) atoms. The third kappa shape index (κ3) is 3.52. The molecular weight excluding hydrogens is 286 g/mol. The van der Waals surface area contributed by atoms with Gasteiger partial charge in [0.25, 0.3) is 0 Å². The predicted octanol–water partition coefficient (Wildman–Crippen LogP) is 3.20. The minimum absolute atomic E-state index is 0.382. The Balaban J connectivity index is 1.82. The SMILES string of the molecule is Clc1cc(NCc2ccccn2)nc(-c2cccnc2)n1. The Labute approximate surface area is 127 Å². The number of nitrogens with zero attached hydrogens (tertiary/aromatic N) is 4. The van der Waals surface area contributed by atoms with E-state index in [1.165, 1.54) is 0 Å². The fourth-order valence-electron chi connectivity index (χ4n) is 1.82. The van der Waals surface area contributed by atoms with Crippen molar-refractivity contribution in [2.24, 2.45) is 0 Å². The number of nitrogens with one attached hydrogen (secondary N) is 1. The third-order valence-electron chi connectivity index (χ3n) is 2.79. The first-order valence-corrected chi connectivity index (χ1v) is 6.78. The number of hydrogen-bond acceptors (Lipinski definition) is 5. The van der Waals surface area contributed by atoms with Crippen LogP contribution in [0.25, 0.3) is 11.4 Å². The summed E-state index contributed by atoms with van der Waals surface area (Å²) in [6.45, 7) is 0.570. The number of halogens is 1. The van der Waals surface area contributed by atoms with Crippen molar-refractivity contribution in [3.05, 3.63) is 65.8 Å². The van der Waals surface area contributed by atoms with Gasteiger partial charge < -0.3 is 5.32 Å². The molecule has 3 heterocycles. The van der Waals surface area contributed by atoms with Gasteiger partial charge >= 0.3 is 0 Å². The van der Waals surface area contributed by atoms with Crippen LogP contribution in [0.3, 0.4) is 0 Å². The molecule has 1 N–H and O–H groups in total. The van der Waals surface area contributed by atoms with E-state index in [-0.39, 0.29) is 0 Å². The molecule has 0 saturated carbocycles. The first-order chi connectivity index (χ1) is 10.3. The third-order valence-corrected chi connectivity index (χ3v) is 2.99. The van der Waals surface area contributed by atoms with E-state index in [0.29, 0.717) is 23.3 Å². The first-order valence-electron chi connectivity index (χ1n) is 6.40. The standard InChI is InChI=1S/C15H12ClN5/c16-13-8-14(19-10-12-5-1-2-7-18-12)21-15(20-13)11-4-3-6-17-9-11/h1-9H,10H2,(H,19,20,21). The van der Waals surface area contributed by atoms with Crippen LogP contribution in [-0.2, 0) is 6.54 Å². The Morgan fingerprint density at radius 2 is 2.00 bits per heavy atom. The van der Waals surface area contributed by atoms with Crippen molar-refractivity contribution < 1.29 is 0 Å². The molecule has 0 atom stereocenters. The predicted molar refractivity (Wildman–Crippen MR) is 81.8 cm³/mol. The van der Waals surface area contributed by atoms with Crippen LogP contribution in [-0.4, -0.2) is 19.9 Å². The number of pyridine rings is 2. The van der Waals surface area contributed by atoms with Crippen LogP contribution in [0.1, 0.15) is 5.69 Å². The van der Waals surface area contributed by atoms with Crippen molar-refractivity contribution in [1.82, 2.24) is 19.9 Å². The Morgan fingerprint density at radius 1 is 1.05 bits per heavy atom. The van der Waals surface area contributed by atoms with Crippen molar-refractivity contribution in [1.29, 1.82) is 0 Å². The van der Waals surface area contributed by atoms with Gasteiger partial charge in [0, 0.05) is 30.2 Å². The molecule has 6 heteroatoms. The number of rotatable bonds is 4. The lowest BCUT2D eigenvalue weighted by Crippen LogP contribution is -2.04. The van der Waals surface area contributed by atoms with Crippen LogP contribution in [0, 0.1) is 0 Å². The van der Waals surface area contributed by atoms with E-state index in [4.69, 9.17) is 11.6 Å². The van der Waals surface area contributed by atoms with Crippen LogP contribution in [0.15, 0.2) is 55.0 Å². The fourth-order valence-corrected chi connectivity index (χ4v) is 2.00.